The minimum Gasteiger partial charge on any atom is -0.463 e. The molecule has 24 nitrogen and oxygen atoms in total. The van der Waals surface area contributed by atoms with Gasteiger partial charge in [-0.15, -0.1) is 0 Å². The van der Waals surface area contributed by atoms with Crippen LogP contribution in [0.5, 0.6) is 0 Å². The third-order valence-corrected chi connectivity index (χ3v) is 20.2. The van der Waals surface area contributed by atoms with Crippen LogP contribution in [0.25, 0.3) is 0 Å². The van der Waals surface area contributed by atoms with Gasteiger partial charge in [0.15, 0.2) is 18.7 Å². The maximum absolute atomic E-state index is 14.3. The molecule has 2 aliphatic heterocycles. The Balaban J connectivity index is 1.74. The van der Waals surface area contributed by atoms with E-state index in [9.17, 15) is 74.9 Å². The summed E-state index contributed by atoms with van der Waals surface area (Å²) in [5.74, 6) is -1.32. The van der Waals surface area contributed by atoms with Gasteiger partial charge in [-0.3, -0.25) is 23.4 Å². The van der Waals surface area contributed by atoms with Gasteiger partial charge in [0.2, 0.25) is 0 Å². The van der Waals surface area contributed by atoms with Gasteiger partial charge in [-0.1, -0.05) is 245 Å². The molecule has 0 aromatic heterocycles. The smallest absolute Gasteiger partial charge is 0.463 e. The van der Waals surface area contributed by atoms with Gasteiger partial charge in [0.05, 0.1) is 13.2 Å². The number of hydrogen-bond donors (Lipinski definition) is 11. The van der Waals surface area contributed by atoms with Gasteiger partial charge in [-0.25, -0.2) is 4.57 Å². The first-order valence-corrected chi connectivity index (χ1v) is 39.9. The minimum absolute atomic E-state index is 0.00896. The van der Waals surface area contributed by atoms with Gasteiger partial charge in [0, 0.05) is 19.3 Å². The number of rotatable bonds is 59. The van der Waals surface area contributed by atoms with Crippen molar-refractivity contribution < 1.29 is 117 Å². The average molecular weight is 1430 g/mol. The number of phosphoric acid groups is 1. The molecule has 19 unspecified atom stereocenters. The van der Waals surface area contributed by atoms with E-state index in [2.05, 4.69) is 39.8 Å². The summed E-state index contributed by atoms with van der Waals surface area (Å²) < 4.78 is 65.1. The Hall–Kier alpha value is -2.30. The van der Waals surface area contributed by atoms with E-state index < -0.39 is 156 Å². The van der Waals surface area contributed by atoms with Crippen LogP contribution in [0, 0.1) is 5.92 Å². The molecule has 3 rings (SSSR count). The van der Waals surface area contributed by atoms with Crippen molar-refractivity contribution in [2.24, 2.45) is 5.92 Å². The second-order valence-electron chi connectivity index (χ2n) is 28.0. The van der Waals surface area contributed by atoms with E-state index >= 15 is 0 Å². The maximum atomic E-state index is 14.3. The predicted octanol–water partition coefficient (Wildman–Crippen LogP) is 10.6. The highest BCUT2D eigenvalue weighted by molar-refractivity contribution is 7.47. The van der Waals surface area contributed by atoms with Crippen molar-refractivity contribution >= 4 is 25.7 Å². The van der Waals surface area contributed by atoms with Crippen LogP contribution in [0.1, 0.15) is 297 Å². The lowest BCUT2D eigenvalue weighted by Crippen LogP contribution is -2.69. The SMILES string of the molecule is CCCCCCCC/C=C\CCCCCC(=O)OCC1OC(OC2C(O)C(O)C(O)C(OC3OC(CO)C(O)C(O)C3O)C2OP(=O)(O)OCC(COC(=O)CCCCCCCCCCCCCCCC)OC(=O)CCCCCCCCC(C)CCCCCCCC)C(O)C(O)C1O. The molecule has 0 aromatic carbocycles. The summed E-state index contributed by atoms with van der Waals surface area (Å²) in [5.41, 5.74) is 0. The lowest BCUT2D eigenvalue weighted by Gasteiger charge is -2.49. The number of allylic oxidation sites excluding steroid dienone is 2. The molecule has 98 heavy (non-hydrogen) atoms. The van der Waals surface area contributed by atoms with Crippen molar-refractivity contribution in [3.63, 3.8) is 0 Å². The summed E-state index contributed by atoms with van der Waals surface area (Å²) in [6.45, 7) is 5.76. The fraction of sp³-hybridized carbons (Fsp3) is 0.932. The predicted molar refractivity (Wildman–Crippen MR) is 370 cm³/mol. The van der Waals surface area contributed by atoms with Crippen molar-refractivity contribution in [3.05, 3.63) is 12.2 Å². The number of phosphoric ester groups is 1. The fourth-order valence-corrected chi connectivity index (χ4v) is 13.8. The molecule has 0 radical (unpaired) electrons. The Bertz CT molecular complexity index is 2090. The van der Waals surface area contributed by atoms with E-state index in [-0.39, 0.29) is 19.3 Å². The lowest BCUT2D eigenvalue weighted by molar-refractivity contribution is -0.360. The summed E-state index contributed by atoms with van der Waals surface area (Å²) in [6.07, 6.45) is 11.4. The zero-order chi connectivity index (χ0) is 71.9. The van der Waals surface area contributed by atoms with E-state index in [0.29, 0.717) is 25.2 Å². The van der Waals surface area contributed by atoms with Gasteiger partial charge in [-0.2, -0.15) is 0 Å². The molecular formula is C73H135O24P. The molecule has 25 heteroatoms. The number of unbranched alkanes of at least 4 members (excludes halogenated alkanes) is 32. The molecular weight excluding hydrogens is 1290 g/mol. The molecule has 0 amide bonds. The van der Waals surface area contributed by atoms with E-state index in [0.717, 1.165) is 89.9 Å². The monoisotopic (exact) mass is 1430 g/mol. The Kier molecular flexibility index (Phi) is 49.9. The Morgan fingerprint density at radius 2 is 0.776 bits per heavy atom. The number of ether oxygens (including phenoxy) is 7. The third kappa shape index (κ3) is 37.4. The van der Waals surface area contributed by atoms with Crippen LogP contribution in [0.4, 0.5) is 0 Å². The first-order valence-electron chi connectivity index (χ1n) is 38.4. The summed E-state index contributed by atoms with van der Waals surface area (Å²) in [6, 6.07) is 0. The number of aliphatic hydroxyl groups is 10. The standard InChI is InChI=1S/C73H135O24P/c1-5-8-11-14-17-19-21-23-25-27-28-30-36-41-46-57(75)89-50-54(92-59(77)48-43-38-33-32-35-40-45-53(4)44-39-34-16-13-10-7-3)51-91-98(87,88)97-71-69(95-72-67(85)62(80)60(78)55(49-74)93-72)65(83)64(82)66(84)70(71)96-73-68(86)63(81)61(79)56(94-73)52-90-58(76)47-42-37-31-29-26-24-22-20-18-15-12-9-6-2/h24,26,53-56,60-74,78-86H,5-23,25,27-52H2,1-4H3,(H,87,88)/b26-24-. The second kappa shape index (κ2) is 54.3. The molecule has 3 fully saturated rings. The van der Waals surface area contributed by atoms with Gasteiger partial charge in [0.25, 0.3) is 0 Å². The van der Waals surface area contributed by atoms with Gasteiger partial charge < -0.3 is 89.1 Å². The normalized spacial score (nSPS) is 28.0. The minimum atomic E-state index is -5.70. The van der Waals surface area contributed by atoms with Gasteiger partial charge in [0.1, 0.15) is 98.7 Å². The van der Waals surface area contributed by atoms with Crippen LogP contribution < -0.4 is 0 Å². The molecule has 1 aliphatic carbocycles. The van der Waals surface area contributed by atoms with E-state index in [1.807, 2.05) is 0 Å². The second-order valence-corrected chi connectivity index (χ2v) is 29.4. The molecule has 3 aliphatic rings. The zero-order valence-corrected chi connectivity index (χ0v) is 61.1. The topological polar surface area (TPSA) is 374 Å². The van der Waals surface area contributed by atoms with Crippen molar-refractivity contribution in [1.82, 2.24) is 0 Å². The summed E-state index contributed by atoms with van der Waals surface area (Å²) in [7, 11) is -5.70. The summed E-state index contributed by atoms with van der Waals surface area (Å²) in [4.78, 5) is 51.1. The van der Waals surface area contributed by atoms with Crippen LogP contribution >= 0.6 is 7.82 Å². The van der Waals surface area contributed by atoms with Crippen molar-refractivity contribution in [3.8, 4) is 0 Å². The van der Waals surface area contributed by atoms with Gasteiger partial charge >= 0.3 is 25.7 Å². The Labute approximate surface area is 586 Å². The Morgan fingerprint density at radius 1 is 0.418 bits per heavy atom. The maximum Gasteiger partial charge on any atom is 0.472 e. The third-order valence-electron chi connectivity index (χ3n) is 19.2. The largest absolute Gasteiger partial charge is 0.472 e. The van der Waals surface area contributed by atoms with Gasteiger partial charge in [-0.05, 0) is 50.9 Å². The molecule has 19 atom stereocenters. The Morgan fingerprint density at radius 3 is 1.21 bits per heavy atom. The molecule has 0 aromatic rings. The van der Waals surface area contributed by atoms with E-state index in [4.69, 9.17) is 42.2 Å². The van der Waals surface area contributed by atoms with Crippen molar-refractivity contribution in [2.45, 2.75) is 402 Å². The molecule has 2 heterocycles. The highest BCUT2D eigenvalue weighted by atomic mass is 31.2. The van der Waals surface area contributed by atoms with Crippen molar-refractivity contribution in [2.75, 3.05) is 26.4 Å². The molecule has 11 N–H and O–H groups in total. The fourth-order valence-electron chi connectivity index (χ4n) is 12.8. The van der Waals surface area contributed by atoms with E-state index in [1.165, 1.54) is 141 Å². The molecule has 0 spiro atoms. The first kappa shape index (κ1) is 89.9. The summed E-state index contributed by atoms with van der Waals surface area (Å²) in [5, 5.41) is 110. The van der Waals surface area contributed by atoms with Crippen LogP contribution in [0.15, 0.2) is 12.2 Å². The zero-order valence-electron chi connectivity index (χ0n) is 60.2. The molecule has 576 valence electrons. The van der Waals surface area contributed by atoms with Crippen LogP contribution in [0.2, 0.25) is 0 Å². The molecule has 2 saturated heterocycles. The van der Waals surface area contributed by atoms with Crippen molar-refractivity contribution in [1.29, 1.82) is 0 Å². The highest BCUT2D eigenvalue weighted by Gasteiger charge is 2.58. The van der Waals surface area contributed by atoms with Crippen LogP contribution in [0.3, 0.4) is 0 Å². The first-order chi connectivity index (χ1) is 47.2. The number of carbonyl (C=O) groups is 3. The quantitative estimate of drug-likeness (QED) is 0.00886. The molecule has 0 bridgehead atoms. The van der Waals surface area contributed by atoms with Crippen LogP contribution in [-0.2, 0) is 61.2 Å². The highest BCUT2D eigenvalue weighted by Crippen LogP contribution is 2.49. The average Bonchev–Trinajstić information content (AvgIpc) is 0.762. The number of esters is 3. The lowest BCUT2D eigenvalue weighted by atomic mass is 9.84. The summed E-state index contributed by atoms with van der Waals surface area (Å²) >= 11 is 0. The van der Waals surface area contributed by atoms with Crippen LogP contribution in [-0.4, -0.2) is 204 Å². The molecule has 1 saturated carbocycles. The van der Waals surface area contributed by atoms with E-state index in [1.54, 1.807) is 0 Å². The number of aliphatic hydroxyl groups excluding tert-OH is 10. The number of hydrogen-bond acceptors (Lipinski definition) is 23. The number of carbonyl (C=O) groups excluding carboxylic acids is 3.